The van der Waals surface area contributed by atoms with Crippen molar-refractivity contribution in [1.82, 2.24) is 29.7 Å². The maximum Gasteiger partial charge on any atom is 0.409 e. The number of aliphatic hydroxyl groups is 2. The topological polar surface area (TPSA) is 178 Å². The number of imidazole rings is 1. The van der Waals surface area contributed by atoms with Crippen molar-refractivity contribution in [3.8, 4) is 0 Å². The maximum atomic E-state index is 12.5. The second kappa shape index (κ2) is 12.1. The molecule has 2 saturated carbocycles. The summed E-state index contributed by atoms with van der Waals surface area (Å²) in [7, 11) is 0. The Bertz CT molecular complexity index is 1240. The monoisotopic (exact) mass is 571 g/mol. The second-order valence-corrected chi connectivity index (χ2v) is 12.1. The number of hydrogen-bond acceptors (Lipinski definition) is 10. The van der Waals surface area contributed by atoms with Crippen molar-refractivity contribution in [2.75, 3.05) is 25.4 Å². The minimum Gasteiger partial charge on any atom is -0.449 e. The number of likely N-dealkylation sites (tertiary alicyclic amines) is 1. The molecule has 2 aromatic rings. The summed E-state index contributed by atoms with van der Waals surface area (Å²) in [6.07, 6.45) is 7.28. The Morgan fingerprint density at radius 1 is 1.05 bits per heavy atom. The zero-order valence-corrected chi connectivity index (χ0v) is 23.4. The quantitative estimate of drug-likeness (QED) is 0.346. The Morgan fingerprint density at radius 2 is 1.80 bits per heavy atom. The number of nitrogens with one attached hydrogen (secondary N) is 1. The van der Waals surface area contributed by atoms with Crippen LogP contribution in [-0.2, 0) is 20.7 Å². The molecule has 41 heavy (non-hydrogen) atoms. The van der Waals surface area contributed by atoms with Gasteiger partial charge in [0, 0.05) is 25.6 Å². The van der Waals surface area contributed by atoms with Crippen LogP contribution in [0.15, 0.2) is 6.33 Å². The van der Waals surface area contributed by atoms with E-state index in [4.69, 9.17) is 15.2 Å². The number of carbonyl (C=O) groups excluding carboxylic acids is 2. The number of fused-ring (bicyclic) bond motifs is 1. The molecule has 6 rings (SSSR count). The fourth-order valence-corrected chi connectivity index (χ4v) is 6.31. The lowest BCUT2D eigenvalue weighted by Crippen LogP contribution is -2.43. The largest absolute Gasteiger partial charge is 0.449 e. The van der Waals surface area contributed by atoms with Crippen molar-refractivity contribution >= 4 is 29.0 Å². The van der Waals surface area contributed by atoms with Crippen LogP contribution in [0.1, 0.15) is 76.3 Å². The molecule has 4 fully saturated rings. The van der Waals surface area contributed by atoms with Gasteiger partial charge in [-0.15, -0.1) is 0 Å². The molecule has 2 aliphatic carbocycles. The molecule has 4 atom stereocenters. The van der Waals surface area contributed by atoms with E-state index in [1.165, 1.54) is 36.6 Å². The van der Waals surface area contributed by atoms with Crippen LogP contribution in [-0.4, -0.2) is 90.7 Å². The molecule has 4 heterocycles. The van der Waals surface area contributed by atoms with Gasteiger partial charge >= 0.3 is 6.09 Å². The zero-order chi connectivity index (χ0) is 28.5. The third kappa shape index (κ3) is 6.26. The molecule has 13 nitrogen and oxygen atoms in total. The molecular weight excluding hydrogens is 530 g/mol. The van der Waals surface area contributed by atoms with Crippen molar-refractivity contribution in [3.05, 3.63) is 12.2 Å². The number of amides is 2. The first-order valence-corrected chi connectivity index (χ1v) is 15.1. The number of aromatic nitrogens is 4. The molecular formula is C28H41N7O6. The number of aliphatic hydroxyl groups excluding tert-OH is 2. The normalized spacial score (nSPS) is 27.5. The van der Waals surface area contributed by atoms with E-state index >= 15 is 0 Å². The Kier molecular flexibility index (Phi) is 8.27. The zero-order valence-electron chi connectivity index (χ0n) is 23.4. The van der Waals surface area contributed by atoms with Crippen LogP contribution in [0.25, 0.3) is 11.2 Å². The lowest BCUT2D eigenvalue weighted by atomic mass is 9.91. The molecule has 2 aliphatic heterocycles. The van der Waals surface area contributed by atoms with Crippen molar-refractivity contribution < 1.29 is 29.3 Å². The molecule has 2 amide bonds. The number of nitrogen functional groups attached to an aromatic ring is 1. The predicted molar refractivity (Wildman–Crippen MR) is 147 cm³/mol. The number of nitrogens with two attached hydrogens (primary N) is 1. The summed E-state index contributed by atoms with van der Waals surface area (Å²) in [5.41, 5.74) is 6.96. The van der Waals surface area contributed by atoms with Gasteiger partial charge in [0.1, 0.15) is 23.5 Å². The van der Waals surface area contributed by atoms with Crippen LogP contribution in [0.4, 0.5) is 10.6 Å². The number of aryl methyl sites for hydroxylation is 1. The van der Waals surface area contributed by atoms with E-state index in [9.17, 15) is 19.8 Å². The average Bonchev–Trinajstić information content (AvgIpc) is 3.32. The summed E-state index contributed by atoms with van der Waals surface area (Å²) >= 11 is 0. The van der Waals surface area contributed by atoms with Crippen LogP contribution in [0.2, 0.25) is 0 Å². The lowest BCUT2D eigenvalue weighted by Gasteiger charge is -2.31. The highest BCUT2D eigenvalue weighted by Gasteiger charge is 2.48. The Labute approximate surface area is 238 Å². The first-order chi connectivity index (χ1) is 19.9. The molecule has 0 bridgehead atoms. The van der Waals surface area contributed by atoms with Gasteiger partial charge in [-0.3, -0.25) is 9.36 Å². The number of carbonyl (C=O) groups is 2. The van der Waals surface area contributed by atoms with E-state index in [-0.39, 0.29) is 18.0 Å². The minimum atomic E-state index is -1.38. The van der Waals surface area contributed by atoms with Gasteiger partial charge in [0.15, 0.2) is 23.8 Å². The fourth-order valence-electron chi connectivity index (χ4n) is 6.31. The first kappa shape index (κ1) is 28.1. The van der Waals surface area contributed by atoms with Gasteiger partial charge in [-0.25, -0.2) is 19.7 Å². The molecule has 2 saturated heterocycles. The molecule has 13 heteroatoms. The molecule has 0 spiro atoms. The van der Waals surface area contributed by atoms with Crippen LogP contribution in [0.3, 0.4) is 0 Å². The molecule has 5 N–H and O–H groups in total. The van der Waals surface area contributed by atoms with Gasteiger partial charge in [-0.1, -0.05) is 12.8 Å². The minimum absolute atomic E-state index is 0.106. The van der Waals surface area contributed by atoms with Gasteiger partial charge in [-0.05, 0) is 63.2 Å². The van der Waals surface area contributed by atoms with Crippen LogP contribution < -0.4 is 11.1 Å². The highest BCUT2D eigenvalue weighted by Crippen LogP contribution is 2.33. The smallest absolute Gasteiger partial charge is 0.409 e. The molecule has 0 aromatic carbocycles. The van der Waals surface area contributed by atoms with Crippen molar-refractivity contribution in [1.29, 1.82) is 0 Å². The highest BCUT2D eigenvalue weighted by atomic mass is 16.6. The summed E-state index contributed by atoms with van der Waals surface area (Å²) in [5.74, 6) is 1.39. The number of hydrogen-bond donors (Lipinski definition) is 4. The number of rotatable bonds is 9. The Balaban J connectivity index is 1.01. The van der Waals surface area contributed by atoms with E-state index in [1.807, 2.05) is 4.90 Å². The van der Waals surface area contributed by atoms with Crippen molar-refractivity contribution in [3.63, 3.8) is 0 Å². The molecule has 224 valence electrons. The third-order valence-electron chi connectivity index (χ3n) is 8.99. The number of piperidine rings is 1. The predicted octanol–water partition coefficient (Wildman–Crippen LogP) is 1.67. The molecule has 1 unspecified atom stereocenters. The summed E-state index contributed by atoms with van der Waals surface area (Å²) in [5, 5.41) is 24.0. The van der Waals surface area contributed by atoms with Gasteiger partial charge in [-0.2, -0.15) is 0 Å². The fraction of sp³-hybridized carbons (Fsp3) is 0.750. The van der Waals surface area contributed by atoms with E-state index < -0.39 is 30.4 Å². The maximum absolute atomic E-state index is 12.5. The third-order valence-corrected chi connectivity index (χ3v) is 8.99. The van der Waals surface area contributed by atoms with Gasteiger partial charge in [0.05, 0.1) is 12.9 Å². The molecule has 2 aromatic heterocycles. The van der Waals surface area contributed by atoms with Crippen molar-refractivity contribution in [2.24, 2.45) is 11.8 Å². The van der Waals surface area contributed by atoms with Crippen molar-refractivity contribution in [2.45, 2.75) is 101 Å². The number of anilines is 1. The number of nitrogens with zero attached hydrogens (tertiary/aromatic N) is 5. The standard InChI is InChI=1S/C28H41N7O6/c29-24-20-25(35(15-30-20)27-22(37)21(36)23(41-27)26(38)31-18-8-9-18)33-19(32-24)7-3-6-16-10-12-34(13-11-16)28(39)40-14-17-4-1-2-5-17/h15-18,21-23,27,36-37H,1-14H2,(H,31,38)(H2,29,32,33)/t21-,22?,23+,27-/m1/s1. The Hall–Kier alpha value is -3.03. The summed E-state index contributed by atoms with van der Waals surface area (Å²) in [4.78, 5) is 40.2. The lowest BCUT2D eigenvalue weighted by molar-refractivity contribution is -0.137. The first-order valence-electron chi connectivity index (χ1n) is 15.1. The van der Waals surface area contributed by atoms with E-state index in [2.05, 4.69) is 20.3 Å². The Morgan fingerprint density at radius 3 is 2.54 bits per heavy atom. The van der Waals surface area contributed by atoms with Gasteiger partial charge < -0.3 is 35.6 Å². The van der Waals surface area contributed by atoms with Gasteiger partial charge in [0.25, 0.3) is 5.91 Å². The molecule has 4 aliphatic rings. The summed E-state index contributed by atoms with van der Waals surface area (Å²) in [6, 6.07) is 0.106. The van der Waals surface area contributed by atoms with Crippen LogP contribution in [0.5, 0.6) is 0 Å². The summed E-state index contributed by atoms with van der Waals surface area (Å²) < 4.78 is 12.9. The van der Waals surface area contributed by atoms with Crippen LogP contribution >= 0.6 is 0 Å². The summed E-state index contributed by atoms with van der Waals surface area (Å²) in [6.45, 7) is 1.99. The number of ether oxygens (including phenoxy) is 2. The van der Waals surface area contributed by atoms with E-state index in [0.717, 1.165) is 51.6 Å². The highest BCUT2D eigenvalue weighted by molar-refractivity contribution is 5.83. The van der Waals surface area contributed by atoms with Crippen LogP contribution in [0, 0.1) is 11.8 Å². The average molecular weight is 572 g/mol. The second-order valence-electron chi connectivity index (χ2n) is 12.1. The van der Waals surface area contributed by atoms with E-state index in [1.54, 1.807) is 0 Å². The SMILES string of the molecule is Nc1nc(CCCC2CCN(C(=O)OCC3CCCC3)CC2)nc2c1ncn2[C@@H]1O[C@H](C(=O)NC2CC2)[C@H](O)C1O. The van der Waals surface area contributed by atoms with E-state index in [0.29, 0.717) is 41.9 Å². The van der Waals surface area contributed by atoms with Gasteiger partial charge in [0.2, 0.25) is 0 Å². The molecule has 0 radical (unpaired) electrons.